The molecule has 4 N–H and O–H groups in total. The van der Waals surface area contributed by atoms with Gasteiger partial charge in [0.1, 0.15) is 0 Å². The van der Waals surface area contributed by atoms with Crippen LogP contribution in [0, 0.1) is 0 Å². The molecule has 0 radical (unpaired) electrons. The zero-order valence-electron chi connectivity index (χ0n) is 9.47. The molecule has 1 aliphatic heterocycles. The summed E-state index contributed by atoms with van der Waals surface area (Å²) in [5.74, 6) is -0.541. The monoisotopic (exact) mass is 236 g/mol. The van der Waals surface area contributed by atoms with Crippen molar-refractivity contribution in [2.24, 2.45) is 5.73 Å². The Morgan fingerprint density at radius 3 is 2.76 bits per heavy atom. The lowest BCUT2D eigenvalue weighted by Crippen LogP contribution is -2.29. The zero-order valence-corrected chi connectivity index (χ0v) is 9.47. The standard InChI is InChI=1S/C11H16N4O2/c12-9(11(16)17)10-14-5-8(6-15-10)7-2-1-3-13-4-7/h5-7,9,13H,1-4,12H2,(H,16,17). The lowest BCUT2D eigenvalue weighted by molar-refractivity contribution is -0.138. The van der Waals surface area contributed by atoms with Crippen LogP contribution in [0.25, 0.3) is 0 Å². The average Bonchev–Trinajstić information content (AvgIpc) is 2.39. The van der Waals surface area contributed by atoms with Gasteiger partial charge < -0.3 is 16.2 Å². The maximum Gasteiger partial charge on any atom is 0.328 e. The van der Waals surface area contributed by atoms with Gasteiger partial charge in [-0.25, -0.2) is 9.97 Å². The van der Waals surface area contributed by atoms with Crippen molar-refractivity contribution in [3.05, 3.63) is 23.8 Å². The summed E-state index contributed by atoms with van der Waals surface area (Å²) in [6.07, 6.45) is 5.62. The topological polar surface area (TPSA) is 101 Å². The highest BCUT2D eigenvalue weighted by Crippen LogP contribution is 2.22. The second-order valence-corrected chi connectivity index (χ2v) is 4.23. The molecule has 2 heterocycles. The minimum absolute atomic E-state index is 0.157. The van der Waals surface area contributed by atoms with Gasteiger partial charge in [0.05, 0.1) is 0 Å². The lowest BCUT2D eigenvalue weighted by Gasteiger charge is -2.22. The van der Waals surface area contributed by atoms with E-state index in [4.69, 9.17) is 10.8 Å². The maximum atomic E-state index is 10.7. The van der Waals surface area contributed by atoms with Crippen LogP contribution < -0.4 is 11.1 Å². The zero-order chi connectivity index (χ0) is 12.3. The molecule has 6 heteroatoms. The molecule has 0 aliphatic carbocycles. The number of aliphatic carboxylic acids is 1. The molecule has 1 aromatic heterocycles. The van der Waals surface area contributed by atoms with E-state index in [0.717, 1.165) is 31.5 Å². The molecule has 1 aromatic rings. The molecule has 2 unspecified atom stereocenters. The normalized spacial score (nSPS) is 22.1. The minimum Gasteiger partial charge on any atom is -0.480 e. The first-order chi connectivity index (χ1) is 8.18. The molecule has 17 heavy (non-hydrogen) atoms. The predicted molar refractivity (Wildman–Crippen MR) is 61.4 cm³/mol. The van der Waals surface area contributed by atoms with Gasteiger partial charge in [-0.1, -0.05) is 0 Å². The van der Waals surface area contributed by atoms with Crippen molar-refractivity contribution in [1.29, 1.82) is 0 Å². The van der Waals surface area contributed by atoms with Crippen LogP contribution in [0.5, 0.6) is 0 Å². The van der Waals surface area contributed by atoms with Crippen molar-refractivity contribution in [2.45, 2.75) is 24.8 Å². The van der Waals surface area contributed by atoms with E-state index in [1.807, 2.05) is 0 Å². The molecule has 0 saturated carbocycles. The van der Waals surface area contributed by atoms with E-state index in [2.05, 4.69) is 15.3 Å². The number of carboxylic acid groups (broad SMARTS) is 1. The third kappa shape index (κ3) is 2.78. The largest absolute Gasteiger partial charge is 0.480 e. The highest BCUT2D eigenvalue weighted by Gasteiger charge is 2.19. The number of hydrogen-bond acceptors (Lipinski definition) is 5. The van der Waals surface area contributed by atoms with E-state index < -0.39 is 12.0 Å². The van der Waals surface area contributed by atoms with Crippen LogP contribution in [0.3, 0.4) is 0 Å². The van der Waals surface area contributed by atoms with Crippen LogP contribution in [-0.2, 0) is 4.79 Å². The number of rotatable bonds is 3. The van der Waals surface area contributed by atoms with E-state index in [0.29, 0.717) is 5.92 Å². The first-order valence-corrected chi connectivity index (χ1v) is 5.69. The number of piperidine rings is 1. The van der Waals surface area contributed by atoms with E-state index in [-0.39, 0.29) is 5.82 Å². The molecule has 2 atom stereocenters. The predicted octanol–water partition coefficient (Wildman–Crippen LogP) is 0.0280. The summed E-state index contributed by atoms with van der Waals surface area (Å²) >= 11 is 0. The third-order valence-electron chi connectivity index (χ3n) is 3.00. The Hall–Kier alpha value is -1.53. The number of hydrogen-bond donors (Lipinski definition) is 3. The summed E-state index contributed by atoms with van der Waals surface area (Å²) in [7, 11) is 0. The number of nitrogens with one attached hydrogen (secondary N) is 1. The van der Waals surface area contributed by atoms with Crippen LogP contribution in [0.2, 0.25) is 0 Å². The Bertz CT molecular complexity index is 387. The fourth-order valence-corrected chi connectivity index (χ4v) is 1.97. The van der Waals surface area contributed by atoms with Crippen molar-refractivity contribution in [1.82, 2.24) is 15.3 Å². The minimum atomic E-state index is -1.14. The average molecular weight is 236 g/mol. The van der Waals surface area contributed by atoms with Gasteiger partial charge in [-0.3, -0.25) is 4.79 Å². The van der Waals surface area contributed by atoms with Crippen LogP contribution in [0.1, 0.15) is 36.2 Å². The Morgan fingerprint density at radius 1 is 1.53 bits per heavy atom. The number of aromatic nitrogens is 2. The summed E-state index contributed by atoms with van der Waals surface area (Å²) in [6.45, 7) is 1.98. The van der Waals surface area contributed by atoms with E-state index >= 15 is 0 Å². The Morgan fingerprint density at radius 2 is 2.24 bits per heavy atom. The molecule has 92 valence electrons. The smallest absolute Gasteiger partial charge is 0.328 e. The molecule has 0 amide bonds. The number of carboxylic acids is 1. The van der Waals surface area contributed by atoms with Gasteiger partial charge >= 0.3 is 5.97 Å². The number of carbonyl (C=O) groups is 1. The molecule has 1 aliphatic rings. The fraction of sp³-hybridized carbons (Fsp3) is 0.545. The van der Waals surface area contributed by atoms with Gasteiger partial charge in [-0.15, -0.1) is 0 Å². The van der Waals surface area contributed by atoms with Gasteiger partial charge in [0, 0.05) is 18.9 Å². The summed E-state index contributed by atoms with van der Waals surface area (Å²) in [5.41, 5.74) is 6.47. The van der Waals surface area contributed by atoms with Crippen LogP contribution in [-0.4, -0.2) is 34.1 Å². The Balaban J connectivity index is 2.09. The van der Waals surface area contributed by atoms with Gasteiger partial charge in [0.2, 0.25) is 0 Å². The van der Waals surface area contributed by atoms with Crippen molar-refractivity contribution < 1.29 is 9.90 Å². The van der Waals surface area contributed by atoms with Gasteiger partial charge in [0.25, 0.3) is 0 Å². The molecule has 1 fully saturated rings. The van der Waals surface area contributed by atoms with E-state index in [9.17, 15) is 4.79 Å². The molecule has 0 bridgehead atoms. The van der Waals surface area contributed by atoms with Gasteiger partial charge in [0.15, 0.2) is 11.9 Å². The Labute approximate surface area is 99.3 Å². The SMILES string of the molecule is NC(C(=O)O)c1ncc(C2CCCNC2)cn1. The van der Waals surface area contributed by atoms with Crippen molar-refractivity contribution >= 4 is 5.97 Å². The van der Waals surface area contributed by atoms with Crippen molar-refractivity contribution in [3.8, 4) is 0 Å². The molecule has 6 nitrogen and oxygen atoms in total. The molecular formula is C11H16N4O2. The second kappa shape index (κ2) is 5.20. The molecule has 0 aromatic carbocycles. The first-order valence-electron chi connectivity index (χ1n) is 5.69. The highest BCUT2D eigenvalue weighted by molar-refractivity contribution is 5.73. The quantitative estimate of drug-likeness (QED) is 0.684. The molecule has 1 saturated heterocycles. The van der Waals surface area contributed by atoms with E-state index in [1.165, 1.54) is 0 Å². The summed E-state index contributed by atoms with van der Waals surface area (Å²) in [6, 6.07) is -1.14. The number of nitrogens with two attached hydrogens (primary N) is 1. The first kappa shape index (κ1) is 11.9. The lowest BCUT2D eigenvalue weighted by atomic mass is 9.94. The maximum absolute atomic E-state index is 10.7. The molecule has 0 spiro atoms. The van der Waals surface area contributed by atoms with Crippen molar-refractivity contribution in [3.63, 3.8) is 0 Å². The molecule has 2 rings (SSSR count). The van der Waals surface area contributed by atoms with Gasteiger partial charge in [-0.05, 0) is 30.9 Å². The summed E-state index contributed by atoms with van der Waals surface area (Å²) in [4.78, 5) is 18.7. The van der Waals surface area contributed by atoms with Crippen LogP contribution in [0.15, 0.2) is 12.4 Å². The van der Waals surface area contributed by atoms with Crippen molar-refractivity contribution in [2.75, 3.05) is 13.1 Å². The highest BCUT2D eigenvalue weighted by atomic mass is 16.4. The summed E-state index contributed by atoms with van der Waals surface area (Å²) < 4.78 is 0. The van der Waals surface area contributed by atoms with Crippen LogP contribution in [0.4, 0.5) is 0 Å². The number of nitrogens with zero attached hydrogens (tertiary/aromatic N) is 2. The van der Waals surface area contributed by atoms with Crippen LogP contribution >= 0.6 is 0 Å². The Kier molecular flexibility index (Phi) is 3.65. The third-order valence-corrected chi connectivity index (χ3v) is 3.00. The fourth-order valence-electron chi connectivity index (χ4n) is 1.97. The second-order valence-electron chi connectivity index (χ2n) is 4.23. The van der Waals surface area contributed by atoms with Gasteiger partial charge in [-0.2, -0.15) is 0 Å². The molecular weight excluding hydrogens is 220 g/mol. The van der Waals surface area contributed by atoms with E-state index in [1.54, 1.807) is 12.4 Å². The summed E-state index contributed by atoms with van der Waals surface area (Å²) in [5, 5.41) is 12.1.